The first-order chi connectivity index (χ1) is 13.4. The van der Waals surface area contributed by atoms with Crippen molar-refractivity contribution in [2.24, 2.45) is 0 Å². The highest BCUT2D eigenvalue weighted by atomic mass is 35.5. The standard InChI is InChI=1S/C21H10Cl3NO3/c22-12-6-7-18(15(8-12)19(26)11-4-2-1-3-5-11)25-20(27)13-9-16(23)17(24)10-14(13)21(25)28/h1-10H. The van der Waals surface area contributed by atoms with Gasteiger partial charge < -0.3 is 0 Å². The van der Waals surface area contributed by atoms with E-state index in [4.69, 9.17) is 34.8 Å². The van der Waals surface area contributed by atoms with Gasteiger partial charge in [0.25, 0.3) is 11.8 Å². The highest BCUT2D eigenvalue weighted by Crippen LogP contribution is 2.36. The van der Waals surface area contributed by atoms with Crippen LogP contribution >= 0.6 is 34.8 Å². The maximum absolute atomic E-state index is 13.0. The monoisotopic (exact) mass is 429 g/mol. The number of carbonyl (C=O) groups is 3. The Balaban J connectivity index is 1.86. The van der Waals surface area contributed by atoms with Gasteiger partial charge in [-0.1, -0.05) is 65.1 Å². The number of ketones is 1. The lowest BCUT2D eigenvalue weighted by atomic mass is 10.0. The largest absolute Gasteiger partial charge is 0.289 e. The molecule has 1 aliphatic rings. The van der Waals surface area contributed by atoms with Crippen LogP contribution in [0.4, 0.5) is 5.69 Å². The minimum atomic E-state index is -0.581. The second-order valence-electron chi connectivity index (χ2n) is 6.11. The fraction of sp³-hybridized carbons (Fsp3) is 0. The molecular weight excluding hydrogens is 421 g/mol. The molecule has 28 heavy (non-hydrogen) atoms. The summed E-state index contributed by atoms with van der Waals surface area (Å²) in [5.74, 6) is -1.52. The number of hydrogen-bond acceptors (Lipinski definition) is 3. The van der Waals surface area contributed by atoms with E-state index >= 15 is 0 Å². The third-order valence-electron chi connectivity index (χ3n) is 4.41. The van der Waals surface area contributed by atoms with Gasteiger partial charge >= 0.3 is 0 Å². The predicted octanol–water partition coefficient (Wildman–Crippen LogP) is 5.68. The van der Waals surface area contributed by atoms with Gasteiger partial charge in [0.05, 0.1) is 26.9 Å². The third kappa shape index (κ3) is 3.00. The van der Waals surface area contributed by atoms with E-state index < -0.39 is 11.8 Å². The summed E-state index contributed by atoms with van der Waals surface area (Å²) in [6.07, 6.45) is 0. The number of halogens is 3. The van der Waals surface area contributed by atoms with Gasteiger partial charge in [-0.15, -0.1) is 0 Å². The highest BCUT2D eigenvalue weighted by molar-refractivity contribution is 6.44. The molecule has 2 amide bonds. The first-order valence-electron chi connectivity index (χ1n) is 8.15. The van der Waals surface area contributed by atoms with E-state index in [9.17, 15) is 14.4 Å². The lowest BCUT2D eigenvalue weighted by molar-refractivity contribution is 0.0926. The van der Waals surface area contributed by atoms with Crippen molar-refractivity contribution in [3.05, 3.63) is 98.0 Å². The average Bonchev–Trinajstić information content (AvgIpc) is 2.92. The molecule has 0 fully saturated rings. The summed E-state index contributed by atoms with van der Waals surface area (Å²) >= 11 is 18.1. The molecule has 0 aromatic heterocycles. The van der Waals surface area contributed by atoms with Gasteiger partial charge in [0.15, 0.2) is 5.78 Å². The van der Waals surface area contributed by atoms with Crippen molar-refractivity contribution in [3.63, 3.8) is 0 Å². The molecule has 0 radical (unpaired) electrons. The van der Waals surface area contributed by atoms with E-state index in [-0.39, 0.29) is 38.2 Å². The summed E-state index contributed by atoms with van der Waals surface area (Å²) in [7, 11) is 0. The van der Waals surface area contributed by atoms with Crippen molar-refractivity contribution >= 4 is 58.1 Å². The van der Waals surface area contributed by atoms with Crippen LogP contribution in [-0.2, 0) is 0 Å². The summed E-state index contributed by atoms with van der Waals surface area (Å²) in [4.78, 5) is 39.8. The third-order valence-corrected chi connectivity index (χ3v) is 5.36. The lowest BCUT2D eigenvalue weighted by Crippen LogP contribution is -2.31. The molecule has 0 atom stereocenters. The molecule has 138 valence electrons. The lowest BCUT2D eigenvalue weighted by Gasteiger charge is -2.18. The van der Waals surface area contributed by atoms with Gasteiger partial charge in [-0.2, -0.15) is 0 Å². The zero-order chi connectivity index (χ0) is 20.0. The van der Waals surface area contributed by atoms with Crippen LogP contribution in [0.25, 0.3) is 0 Å². The molecule has 1 aliphatic heterocycles. The van der Waals surface area contributed by atoms with Crippen LogP contribution in [0.2, 0.25) is 15.1 Å². The smallest absolute Gasteiger partial charge is 0.266 e. The second kappa shape index (κ2) is 7.06. The molecule has 3 aromatic rings. The van der Waals surface area contributed by atoms with Crippen molar-refractivity contribution in [1.82, 2.24) is 0 Å². The maximum atomic E-state index is 13.0. The molecule has 0 N–H and O–H groups in total. The van der Waals surface area contributed by atoms with Gasteiger partial charge in [0.1, 0.15) is 0 Å². The summed E-state index contributed by atoms with van der Waals surface area (Å²) < 4.78 is 0. The van der Waals surface area contributed by atoms with Crippen LogP contribution in [0.15, 0.2) is 60.7 Å². The van der Waals surface area contributed by atoms with E-state index in [1.165, 1.54) is 30.3 Å². The number of carbonyl (C=O) groups excluding carboxylic acids is 3. The fourth-order valence-electron chi connectivity index (χ4n) is 3.08. The quantitative estimate of drug-likeness (QED) is 0.397. The molecule has 7 heteroatoms. The summed E-state index contributed by atoms with van der Waals surface area (Å²) in [6.45, 7) is 0. The molecule has 0 saturated carbocycles. The molecule has 0 saturated heterocycles. The Labute approximate surface area is 175 Å². The van der Waals surface area contributed by atoms with E-state index in [2.05, 4.69) is 0 Å². The molecular formula is C21H10Cl3NO3. The van der Waals surface area contributed by atoms with Crippen molar-refractivity contribution < 1.29 is 14.4 Å². The normalized spacial score (nSPS) is 13.0. The molecule has 4 nitrogen and oxygen atoms in total. The number of fused-ring (bicyclic) bond motifs is 1. The van der Waals surface area contributed by atoms with Crippen molar-refractivity contribution in [2.75, 3.05) is 4.90 Å². The number of benzene rings is 3. The van der Waals surface area contributed by atoms with Gasteiger partial charge in [0, 0.05) is 16.1 Å². The number of hydrogen-bond donors (Lipinski definition) is 0. The van der Waals surface area contributed by atoms with Crippen LogP contribution in [0.1, 0.15) is 36.6 Å². The molecule has 1 heterocycles. The first kappa shape index (κ1) is 18.7. The maximum Gasteiger partial charge on any atom is 0.266 e. The Bertz CT molecular complexity index is 1120. The topological polar surface area (TPSA) is 54.5 Å². The summed E-state index contributed by atoms with van der Waals surface area (Å²) in [5.41, 5.74) is 0.968. The Morgan fingerprint density at radius 1 is 0.750 bits per heavy atom. The van der Waals surface area contributed by atoms with Gasteiger partial charge in [0.2, 0.25) is 0 Å². The van der Waals surface area contributed by atoms with Gasteiger partial charge in [-0.3, -0.25) is 14.4 Å². The van der Waals surface area contributed by atoms with Crippen LogP contribution in [0.5, 0.6) is 0 Å². The Morgan fingerprint density at radius 3 is 1.89 bits per heavy atom. The molecule has 0 unspecified atom stereocenters. The van der Waals surface area contributed by atoms with Gasteiger partial charge in [-0.25, -0.2) is 4.90 Å². The van der Waals surface area contributed by atoms with E-state index in [0.717, 1.165) is 4.90 Å². The van der Waals surface area contributed by atoms with E-state index in [1.54, 1.807) is 30.3 Å². The van der Waals surface area contributed by atoms with Crippen LogP contribution in [-0.4, -0.2) is 17.6 Å². The summed E-state index contributed by atoms with van der Waals surface area (Å²) in [6, 6.07) is 15.7. The van der Waals surface area contributed by atoms with Crippen molar-refractivity contribution in [3.8, 4) is 0 Å². The fourth-order valence-corrected chi connectivity index (χ4v) is 3.58. The van der Waals surface area contributed by atoms with E-state index in [1.807, 2.05) is 0 Å². The summed E-state index contributed by atoms with van der Waals surface area (Å²) in [5, 5.41) is 0.644. The molecule has 3 aromatic carbocycles. The zero-order valence-electron chi connectivity index (χ0n) is 14.1. The SMILES string of the molecule is O=C(c1ccccc1)c1cc(Cl)ccc1N1C(=O)c2cc(Cl)c(Cl)cc2C1=O. The number of imide groups is 1. The number of rotatable bonds is 3. The van der Waals surface area contributed by atoms with Crippen LogP contribution in [0, 0.1) is 0 Å². The molecule has 0 aliphatic carbocycles. The predicted molar refractivity (Wildman–Crippen MR) is 109 cm³/mol. The average molecular weight is 431 g/mol. The Kier molecular flexibility index (Phi) is 4.71. The molecule has 0 bridgehead atoms. The van der Waals surface area contributed by atoms with Gasteiger partial charge in [-0.05, 0) is 30.3 Å². The van der Waals surface area contributed by atoms with Crippen molar-refractivity contribution in [1.29, 1.82) is 0 Å². The second-order valence-corrected chi connectivity index (χ2v) is 7.37. The van der Waals surface area contributed by atoms with E-state index in [0.29, 0.717) is 10.6 Å². The zero-order valence-corrected chi connectivity index (χ0v) is 16.3. The minimum Gasteiger partial charge on any atom is -0.289 e. The van der Waals surface area contributed by atoms with Crippen molar-refractivity contribution in [2.45, 2.75) is 0 Å². The first-order valence-corrected chi connectivity index (χ1v) is 9.29. The number of nitrogens with zero attached hydrogens (tertiary/aromatic N) is 1. The molecule has 0 spiro atoms. The Hall–Kier alpha value is -2.66. The Morgan fingerprint density at radius 2 is 1.32 bits per heavy atom. The molecule has 4 rings (SSSR count). The number of anilines is 1. The highest BCUT2D eigenvalue weighted by Gasteiger charge is 2.39. The van der Waals surface area contributed by atoms with Crippen LogP contribution in [0.3, 0.4) is 0 Å². The minimum absolute atomic E-state index is 0.132. The number of amides is 2. The van der Waals surface area contributed by atoms with Crippen LogP contribution < -0.4 is 4.90 Å².